The molecule has 0 aliphatic carbocycles. The van der Waals surface area contributed by atoms with Gasteiger partial charge in [0, 0.05) is 44.2 Å². The Morgan fingerprint density at radius 3 is 2.44 bits per heavy atom. The fourth-order valence-electron chi connectivity index (χ4n) is 3.78. The van der Waals surface area contributed by atoms with Gasteiger partial charge in [0.15, 0.2) is 5.82 Å². The summed E-state index contributed by atoms with van der Waals surface area (Å²) in [7, 11) is 0. The normalized spacial score (nSPS) is 14.2. The van der Waals surface area contributed by atoms with Crippen LogP contribution in [0.25, 0.3) is 11.3 Å². The molecule has 3 rings (SSSR count). The van der Waals surface area contributed by atoms with E-state index in [-0.39, 0.29) is 24.3 Å². The van der Waals surface area contributed by atoms with E-state index in [4.69, 9.17) is 0 Å². The number of amides is 2. The van der Waals surface area contributed by atoms with E-state index in [0.717, 1.165) is 30.0 Å². The predicted molar refractivity (Wildman–Crippen MR) is 127 cm³/mol. The van der Waals surface area contributed by atoms with Gasteiger partial charge >= 0.3 is 0 Å². The number of aryl methyl sites for hydroxylation is 1. The molecule has 0 unspecified atom stereocenters. The first-order valence-corrected chi connectivity index (χ1v) is 11.2. The number of nitrogens with zero attached hydrogens (tertiary/aromatic N) is 5. The zero-order valence-electron chi connectivity index (χ0n) is 19.3. The van der Waals surface area contributed by atoms with E-state index in [0.29, 0.717) is 26.2 Å². The van der Waals surface area contributed by atoms with Crippen molar-refractivity contribution in [1.29, 1.82) is 0 Å². The highest BCUT2D eigenvalue weighted by Crippen LogP contribution is 2.20. The molecule has 1 fully saturated rings. The molecule has 2 aromatic rings. The highest BCUT2D eigenvalue weighted by Gasteiger charge is 2.24. The molecule has 1 aliphatic rings. The van der Waals surface area contributed by atoms with E-state index in [2.05, 4.69) is 40.7 Å². The third kappa shape index (κ3) is 5.93. The summed E-state index contributed by atoms with van der Waals surface area (Å²) in [5.41, 5.74) is 3.10. The molecule has 1 saturated heterocycles. The average molecular weight is 436 g/mol. The molecular formula is C25H33N5O2. The number of carbonyl (C=O) groups excluding carboxylic acids is 2. The van der Waals surface area contributed by atoms with Crippen molar-refractivity contribution in [2.24, 2.45) is 5.92 Å². The van der Waals surface area contributed by atoms with Crippen molar-refractivity contribution in [2.45, 2.75) is 27.2 Å². The first-order valence-electron chi connectivity index (χ1n) is 11.2. The van der Waals surface area contributed by atoms with Crippen LogP contribution < -0.4 is 4.90 Å². The van der Waals surface area contributed by atoms with Gasteiger partial charge in [-0.1, -0.05) is 49.8 Å². The maximum Gasteiger partial charge on any atom is 0.242 e. The van der Waals surface area contributed by atoms with E-state index in [1.807, 2.05) is 43.0 Å². The second-order valence-corrected chi connectivity index (χ2v) is 8.53. The molecule has 1 aromatic heterocycles. The fraction of sp³-hybridized carbons (Fsp3) is 0.440. The summed E-state index contributed by atoms with van der Waals surface area (Å²) in [4.78, 5) is 30.9. The molecule has 32 heavy (non-hydrogen) atoms. The molecule has 0 bridgehead atoms. The molecule has 0 radical (unpaired) electrons. The highest BCUT2D eigenvalue weighted by atomic mass is 16.2. The topological polar surface area (TPSA) is 69.6 Å². The monoisotopic (exact) mass is 435 g/mol. The van der Waals surface area contributed by atoms with Crippen LogP contribution in [-0.2, 0) is 9.59 Å². The fourth-order valence-corrected chi connectivity index (χ4v) is 3.78. The Kier molecular flexibility index (Phi) is 7.98. The van der Waals surface area contributed by atoms with Crippen molar-refractivity contribution in [2.75, 3.05) is 44.2 Å². The third-order valence-corrected chi connectivity index (χ3v) is 5.65. The van der Waals surface area contributed by atoms with Gasteiger partial charge < -0.3 is 14.7 Å². The molecular weight excluding hydrogens is 402 g/mol. The van der Waals surface area contributed by atoms with Crippen LogP contribution in [0.15, 0.2) is 49.1 Å². The molecule has 0 saturated carbocycles. The Morgan fingerprint density at radius 1 is 1.06 bits per heavy atom. The Hall–Kier alpha value is -3.22. The van der Waals surface area contributed by atoms with Crippen LogP contribution in [-0.4, -0.2) is 71.1 Å². The highest BCUT2D eigenvalue weighted by molar-refractivity contribution is 5.85. The van der Waals surface area contributed by atoms with E-state index in [1.165, 1.54) is 5.56 Å². The number of benzene rings is 1. The van der Waals surface area contributed by atoms with Gasteiger partial charge in [-0.2, -0.15) is 0 Å². The Bertz CT molecular complexity index is 924. The molecule has 1 aliphatic heterocycles. The van der Waals surface area contributed by atoms with Gasteiger partial charge in [-0.15, -0.1) is 16.8 Å². The molecule has 7 heteroatoms. The van der Waals surface area contributed by atoms with Crippen LogP contribution in [0.2, 0.25) is 0 Å². The van der Waals surface area contributed by atoms with Crippen molar-refractivity contribution in [1.82, 2.24) is 20.0 Å². The third-order valence-electron chi connectivity index (χ3n) is 5.65. The first kappa shape index (κ1) is 23.4. The lowest BCUT2D eigenvalue weighted by atomic mass is 10.1. The molecule has 2 amide bonds. The zero-order chi connectivity index (χ0) is 23.1. The summed E-state index contributed by atoms with van der Waals surface area (Å²) in [5.74, 6) is 0.615. The Labute approximate surface area is 190 Å². The molecule has 7 nitrogen and oxygen atoms in total. The van der Waals surface area contributed by atoms with Crippen molar-refractivity contribution in [3.8, 4) is 11.3 Å². The van der Waals surface area contributed by atoms with E-state index in [9.17, 15) is 9.59 Å². The molecule has 0 spiro atoms. The van der Waals surface area contributed by atoms with Crippen LogP contribution >= 0.6 is 0 Å². The maximum absolute atomic E-state index is 12.9. The standard InChI is InChI=1S/C25H33N5O2/c1-5-13-30(25(32)19(2)3)18-24(31)29-15-6-14-28(16-17-29)23-12-11-22(26-27-23)21-9-7-20(4)8-10-21/h5,7-12,19H,1,6,13-18H2,2-4H3. The van der Waals surface area contributed by atoms with Gasteiger partial charge in [0.25, 0.3) is 0 Å². The van der Waals surface area contributed by atoms with Crippen molar-refractivity contribution < 1.29 is 9.59 Å². The van der Waals surface area contributed by atoms with Crippen LogP contribution in [0.3, 0.4) is 0 Å². The quantitative estimate of drug-likeness (QED) is 0.625. The van der Waals surface area contributed by atoms with Crippen LogP contribution in [0, 0.1) is 12.8 Å². The van der Waals surface area contributed by atoms with Gasteiger partial charge in [0.05, 0.1) is 5.69 Å². The summed E-state index contributed by atoms with van der Waals surface area (Å²) < 4.78 is 0. The molecule has 0 atom stereocenters. The predicted octanol–water partition coefficient (Wildman–Crippen LogP) is 3.16. The van der Waals surface area contributed by atoms with Crippen molar-refractivity contribution >= 4 is 17.6 Å². The lowest BCUT2D eigenvalue weighted by Crippen LogP contribution is -2.45. The molecule has 0 N–H and O–H groups in total. The van der Waals surface area contributed by atoms with Gasteiger partial charge in [-0.05, 0) is 25.5 Å². The number of rotatable bonds is 7. The largest absolute Gasteiger partial charge is 0.353 e. The molecule has 170 valence electrons. The van der Waals surface area contributed by atoms with Gasteiger partial charge in [-0.25, -0.2) is 0 Å². The SMILES string of the molecule is C=CCN(CC(=O)N1CCCN(c2ccc(-c3ccc(C)cc3)nn2)CC1)C(=O)C(C)C. The number of aromatic nitrogens is 2. The smallest absolute Gasteiger partial charge is 0.242 e. The lowest BCUT2D eigenvalue weighted by Gasteiger charge is -2.27. The van der Waals surface area contributed by atoms with Gasteiger partial charge in [0.1, 0.15) is 6.54 Å². The van der Waals surface area contributed by atoms with Crippen LogP contribution in [0.4, 0.5) is 5.82 Å². The van der Waals surface area contributed by atoms with Crippen LogP contribution in [0.5, 0.6) is 0 Å². The summed E-state index contributed by atoms with van der Waals surface area (Å²) in [5, 5.41) is 8.85. The van der Waals surface area contributed by atoms with E-state index in [1.54, 1.807) is 11.0 Å². The lowest BCUT2D eigenvalue weighted by molar-refractivity contribution is -0.141. The van der Waals surface area contributed by atoms with E-state index >= 15 is 0 Å². The average Bonchev–Trinajstić information content (AvgIpc) is 3.05. The summed E-state index contributed by atoms with van der Waals surface area (Å²) in [6, 6.07) is 12.2. The summed E-state index contributed by atoms with van der Waals surface area (Å²) >= 11 is 0. The second kappa shape index (κ2) is 10.9. The van der Waals surface area contributed by atoms with Crippen molar-refractivity contribution in [3.63, 3.8) is 0 Å². The minimum atomic E-state index is -0.149. The minimum Gasteiger partial charge on any atom is -0.353 e. The summed E-state index contributed by atoms with van der Waals surface area (Å²) in [6.45, 7) is 12.7. The summed E-state index contributed by atoms with van der Waals surface area (Å²) in [6.07, 6.45) is 2.50. The molecule has 1 aromatic carbocycles. The zero-order valence-corrected chi connectivity index (χ0v) is 19.3. The number of carbonyl (C=O) groups is 2. The Morgan fingerprint density at radius 2 is 1.81 bits per heavy atom. The van der Waals surface area contributed by atoms with Gasteiger partial charge in [-0.3, -0.25) is 9.59 Å². The first-order chi connectivity index (χ1) is 15.4. The maximum atomic E-state index is 12.9. The van der Waals surface area contributed by atoms with Crippen molar-refractivity contribution in [3.05, 3.63) is 54.6 Å². The second-order valence-electron chi connectivity index (χ2n) is 8.53. The van der Waals surface area contributed by atoms with Crippen LogP contribution in [0.1, 0.15) is 25.8 Å². The van der Waals surface area contributed by atoms with E-state index < -0.39 is 0 Å². The molecule has 2 heterocycles. The Balaban J connectivity index is 1.60. The minimum absolute atomic E-state index is 0.0245. The number of hydrogen-bond donors (Lipinski definition) is 0. The number of anilines is 1. The van der Waals surface area contributed by atoms with Gasteiger partial charge in [0.2, 0.25) is 11.8 Å². The number of hydrogen-bond acceptors (Lipinski definition) is 5.